The van der Waals surface area contributed by atoms with Crippen LogP contribution in [-0.4, -0.2) is 17.4 Å². The largest absolute Gasteiger partial charge is 0.383 e. The molecule has 3 rings (SSSR count). The Hall–Kier alpha value is -3.28. The van der Waals surface area contributed by atoms with Gasteiger partial charge in [0.2, 0.25) is 0 Å². The van der Waals surface area contributed by atoms with E-state index in [0.717, 1.165) is 23.2 Å². The molecule has 0 aliphatic rings. The number of amides is 1. The van der Waals surface area contributed by atoms with E-state index in [1.165, 1.54) is 24.3 Å². The van der Waals surface area contributed by atoms with Crippen molar-refractivity contribution in [1.29, 1.82) is 0 Å². The summed E-state index contributed by atoms with van der Waals surface area (Å²) in [5.41, 5.74) is 2.95. The summed E-state index contributed by atoms with van der Waals surface area (Å²) in [6, 6.07) is 15.8. The molecule has 1 amide bonds. The van der Waals surface area contributed by atoms with E-state index in [2.05, 4.69) is 15.6 Å². The molecule has 0 aliphatic carbocycles. The molecule has 0 saturated carbocycles. The summed E-state index contributed by atoms with van der Waals surface area (Å²) in [6.45, 7) is 0.974. The van der Waals surface area contributed by atoms with Crippen molar-refractivity contribution < 1.29 is 13.6 Å². The van der Waals surface area contributed by atoms with Crippen molar-refractivity contribution in [1.82, 2.24) is 10.3 Å². The Balaban J connectivity index is 1.46. The monoisotopic (exact) mass is 367 g/mol. The molecule has 3 aromatic rings. The van der Waals surface area contributed by atoms with Gasteiger partial charge in [-0.3, -0.25) is 4.79 Å². The number of hydrogen-bond acceptors (Lipinski definition) is 3. The third-order valence-electron chi connectivity index (χ3n) is 4.02. The number of benzene rings is 2. The SMILES string of the molecule is O=C(NCc1ccc(F)cc1)c1ccc(NCCc2ccc(F)cc2)cn1. The predicted octanol–water partition coefficient (Wildman–Crippen LogP) is 3.94. The molecule has 0 unspecified atom stereocenters. The van der Waals surface area contributed by atoms with E-state index in [1.54, 1.807) is 42.6 Å². The number of carbonyl (C=O) groups excluding carboxylic acids is 1. The van der Waals surface area contributed by atoms with Gasteiger partial charge in [-0.25, -0.2) is 13.8 Å². The maximum Gasteiger partial charge on any atom is 0.270 e. The van der Waals surface area contributed by atoms with Crippen molar-refractivity contribution >= 4 is 11.6 Å². The summed E-state index contributed by atoms with van der Waals surface area (Å²) in [7, 11) is 0. The molecule has 0 spiro atoms. The highest BCUT2D eigenvalue weighted by atomic mass is 19.1. The Morgan fingerprint density at radius 3 is 2.07 bits per heavy atom. The molecule has 0 bridgehead atoms. The highest BCUT2D eigenvalue weighted by molar-refractivity contribution is 5.92. The standard InChI is InChI=1S/C21H19F2N3O/c22-17-5-1-15(2-6-17)11-12-24-19-9-10-20(25-14-19)21(27)26-13-16-3-7-18(23)8-4-16/h1-10,14,24H,11-13H2,(H,26,27). The highest BCUT2D eigenvalue weighted by Gasteiger charge is 2.07. The smallest absolute Gasteiger partial charge is 0.270 e. The average Bonchev–Trinajstić information content (AvgIpc) is 2.69. The molecule has 0 fully saturated rings. The van der Waals surface area contributed by atoms with Crippen molar-refractivity contribution in [2.24, 2.45) is 0 Å². The Morgan fingerprint density at radius 2 is 1.48 bits per heavy atom. The van der Waals surface area contributed by atoms with Crippen molar-refractivity contribution in [3.8, 4) is 0 Å². The van der Waals surface area contributed by atoms with Crippen LogP contribution in [0.4, 0.5) is 14.5 Å². The van der Waals surface area contributed by atoms with Gasteiger partial charge in [-0.05, 0) is 53.9 Å². The van der Waals surface area contributed by atoms with E-state index < -0.39 is 0 Å². The molecule has 2 N–H and O–H groups in total. The topological polar surface area (TPSA) is 54.0 Å². The first-order valence-electron chi connectivity index (χ1n) is 8.57. The van der Waals surface area contributed by atoms with Crippen LogP contribution in [0.5, 0.6) is 0 Å². The summed E-state index contributed by atoms with van der Waals surface area (Å²) >= 11 is 0. The van der Waals surface area contributed by atoms with E-state index in [4.69, 9.17) is 0 Å². The van der Waals surface area contributed by atoms with Crippen LogP contribution in [0.2, 0.25) is 0 Å². The normalized spacial score (nSPS) is 10.4. The minimum Gasteiger partial charge on any atom is -0.383 e. The second kappa shape index (κ2) is 8.89. The quantitative estimate of drug-likeness (QED) is 0.665. The maximum absolute atomic E-state index is 12.9. The van der Waals surface area contributed by atoms with Crippen LogP contribution in [0.1, 0.15) is 21.6 Å². The van der Waals surface area contributed by atoms with Crippen LogP contribution in [0, 0.1) is 11.6 Å². The number of carbonyl (C=O) groups is 1. The highest BCUT2D eigenvalue weighted by Crippen LogP contribution is 2.09. The van der Waals surface area contributed by atoms with E-state index in [0.29, 0.717) is 18.8 Å². The van der Waals surface area contributed by atoms with Crippen LogP contribution in [0.3, 0.4) is 0 Å². The molecule has 0 aliphatic heterocycles. The average molecular weight is 367 g/mol. The number of nitrogens with zero attached hydrogens (tertiary/aromatic N) is 1. The summed E-state index contributed by atoms with van der Waals surface area (Å²) in [5, 5.41) is 5.96. The second-order valence-corrected chi connectivity index (χ2v) is 6.04. The third kappa shape index (κ3) is 5.60. The molecule has 0 atom stereocenters. The summed E-state index contributed by atoms with van der Waals surface area (Å²) < 4.78 is 25.7. The van der Waals surface area contributed by atoms with Gasteiger partial charge in [0.05, 0.1) is 11.9 Å². The molecule has 138 valence electrons. The van der Waals surface area contributed by atoms with Crippen LogP contribution >= 0.6 is 0 Å². The molecular weight excluding hydrogens is 348 g/mol. The van der Waals surface area contributed by atoms with Crippen LogP contribution in [-0.2, 0) is 13.0 Å². The lowest BCUT2D eigenvalue weighted by atomic mass is 10.1. The first-order valence-corrected chi connectivity index (χ1v) is 8.57. The zero-order valence-corrected chi connectivity index (χ0v) is 14.6. The Labute approximate surface area is 156 Å². The number of aromatic nitrogens is 1. The lowest BCUT2D eigenvalue weighted by molar-refractivity contribution is 0.0946. The summed E-state index contributed by atoms with van der Waals surface area (Å²) in [6.07, 6.45) is 2.34. The lowest BCUT2D eigenvalue weighted by Crippen LogP contribution is -2.23. The minimum absolute atomic E-state index is 0.246. The Bertz CT molecular complexity index is 879. The van der Waals surface area contributed by atoms with Gasteiger partial charge in [-0.1, -0.05) is 24.3 Å². The molecule has 0 saturated heterocycles. The molecule has 4 nitrogen and oxygen atoms in total. The van der Waals surface area contributed by atoms with Gasteiger partial charge in [0.1, 0.15) is 17.3 Å². The van der Waals surface area contributed by atoms with Gasteiger partial charge in [0.25, 0.3) is 5.91 Å². The van der Waals surface area contributed by atoms with Gasteiger partial charge in [-0.2, -0.15) is 0 Å². The van der Waals surface area contributed by atoms with E-state index in [-0.39, 0.29) is 17.5 Å². The maximum atomic E-state index is 12.9. The molecule has 0 radical (unpaired) electrons. The van der Waals surface area contributed by atoms with Gasteiger partial charge < -0.3 is 10.6 Å². The van der Waals surface area contributed by atoms with Gasteiger partial charge >= 0.3 is 0 Å². The number of nitrogens with one attached hydrogen (secondary N) is 2. The molecule has 27 heavy (non-hydrogen) atoms. The number of halogens is 2. The summed E-state index contributed by atoms with van der Waals surface area (Å²) in [5.74, 6) is -0.851. The molecule has 1 aromatic heterocycles. The first-order chi connectivity index (χ1) is 13.1. The minimum atomic E-state index is -0.311. The molecule has 1 heterocycles. The fourth-order valence-corrected chi connectivity index (χ4v) is 2.51. The zero-order valence-electron chi connectivity index (χ0n) is 14.6. The van der Waals surface area contributed by atoms with E-state index in [1.807, 2.05) is 0 Å². The lowest BCUT2D eigenvalue weighted by Gasteiger charge is -2.08. The zero-order chi connectivity index (χ0) is 19.1. The van der Waals surface area contributed by atoms with Crippen molar-refractivity contribution in [2.75, 3.05) is 11.9 Å². The van der Waals surface area contributed by atoms with Gasteiger partial charge in [0, 0.05) is 13.1 Å². The number of rotatable bonds is 7. The van der Waals surface area contributed by atoms with Crippen molar-refractivity contribution in [3.05, 3.63) is 95.3 Å². The second-order valence-electron chi connectivity index (χ2n) is 6.04. The number of hydrogen-bond donors (Lipinski definition) is 2. The van der Waals surface area contributed by atoms with Crippen LogP contribution in [0.25, 0.3) is 0 Å². The van der Waals surface area contributed by atoms with Crippen molar-refractivity contribution in [2.45, 2.75) is 13.0 Å². The van der Waals surface area contributed by atoms with Gasteiger partial charge in [-0.15, -0.1) is 0 Å². The fourth-order valence-electron chi connectivity index (χ4n) is 2.51. The fraction of sp³-hybridized carbons (Fsp3) is 0.143. The molecular formula is C21H19F2N3O. The van der Waals surface area contributed by atoms with Gasteiger partial charge in [0.15, 0.2) is 0 Å². The van der Waals surface area contributed by atoms with Crippen molar-refractivity contribution in [3.63, 3.8) is 0 Å². The Morgan fingerprint density at radius 1 is 0.852 bits per heavy atom. The van der Waals surface area contributed by atoms with Crippen LogP contribution < -0.4 is 10.6 Å². The number of anilines is 1. The molecule has 6 heteroatoms. The summed E-state index contributed by atoms with van der Waals surface area (Å²) in [4.78, 5) is 16.3. The first kappa shape index (κ1) is 18.5. The Kier molecular flexibility index (Phi) is 6.10. The van der Waals surface area contributed by atoms with E-state index >= 15 is 0 Å². The number of pyridine rings is 1. The predicted molar refractivity (Wildman–Crippen MR) is 100 cm³/mol. The molecule has 2 aromatic carbocycles. The van der Waals surface area contributed by atoms with Crippen LogP contribution in [0.15, 0.2) is 66.9 Å². The van der Waals surface area contributed by atoms with E-state index in [9.17, 15) is 13.6 Å². The third-order valence-corrected chi connectivity index (χ3v) is 4.02.